The average Bonchev–Trinajstić information content (AvgIpc) is 2.86. The summed E-state index contributed by atoms with van der Waals surface area (Å²) in [5, 5.41) is 3.30. The number of hydrogen-bond acceptors (Lipinski definition) is 2. The largest absolute Gasteiger partial charge is 0.334 e. The molecule has 2 aromatic rings. The molecule has 0 aliphatic carbocycles. The molecular formula is C15H19F2N3. The maximum Gasteiger partial charge on any atom is 0.130 e. The van der Waals surface area contributed by atoms with Crippen molar-refractivity contribution in [3.8, 4) is 0 Å². The average molecular weight is 279 g/mol. The molecule has 0 saturated carbocycles. The first-order valence-electron chi connectivity index (χ1n) is 6.86. The Hall–Kier alpha value is -1.75. The minimum absolute atomic E-state index is 0.310. The Labute approximate surface area is 117 Å². The van der Waals surface area contributed by atoms with Crippen LogP contribution in [0.15, 0.2) is 30.6 Å². The first-order chi connectivity index (χ1) is 9.65. The van der Waals surface area contributed by atoms with Gasteiger partial charge in [0.15, 0.2) is 0 Å². The van der Waals surface area contributed by atoms with Gasteiger partial charge in [0, 0.05) is 25.0 Å². The van der Waals surface area contributed by atoms with E-state index in [4.69, 9.17) is 0 Å². The van der Waals surface area contributed by atoms with Crippen LogP contribution < -0.4 is 5.32 Å². The van der Waals surface area contributed by atoms with Crippen molar-refractivity contribution in [3.05, 3.63) is 53.6 Å². The van der Waals surface area contributed by atoms with Gasteiger partial charge < -0.3 is 9.88 Å². The van der Waals surface area contributed by atoms with Crippen LogP contribution >= 0.6 is 0 Å². The molecule has 1 heterocycles. The maximum absolute atomic E-state index is 13.4. The molecule has 3 nitrogen and oxygen atoms in total. The molecule has 1 aromatic carbocycles. The summed E-state index contributed by atoms with van der Waals surface area (Å²) in [5.74, 6) is -0.373. The fraction of sp³-hybridized carbons (Fsp3) is 0.400. The lowest BCUT2D eigenvalue weighted by molar-refractivity contribution is 0.527. The summed E-state index contributed by atoms with van der Waals surface area (Å²) in [7, 11) is 0. The Bertz CT molecular complexity index is 546. The smallest absolute Gasteiger partial charge is 0.130 e. The Balaban J connectivity index is 2.41. The zero-order chi connectivity index (χ0) is 14.5. The second-order valence-corrected chi connectivity index (χ2v) is 4.66. The highest BCUT2D eigenvalue weighted by atomic mass is 19.1. The van der Waals surface area contributed by atoms with Crippen LogP contribution in [0.3, 0.4) is 0 Å². The predicted molar refractivity (Wildman–Crippen MR) is 74.4 cm³/mol. The Kier molecular flexibility index (Phi) is 4.84. The van der Waals surface area contributed by atoms with Crippen molar-refractivity contribution in [3.63, 3.8) is 0 Å². The van der Waals surface area contributed by atoms with Crippen LogP contribution in [0, 0.1) is 11.6 Å². The molecule has 0 aliphatic rings. The number of imidazole rings is 1. The van der Waals surface area contributed by atoms with Gasteiger partial charge in [0.25, 0.3) is 0 Å². The third-order valence-corrected chi connectivity index (χ3v) is 3.16. The number of halogens is 2. The standard InChI is InChI=1S/C15H19F2N3/c1-3-5-18-14(15-19-6-7-20(15)4-2)11-8-12(16)10-13(17)9-11/h6-10,14,18H,3-5H2,1-2H3. The minimum Gasteiger partial charge on any atom is -0.334 e. The van der Waals surface area contributed by atoms with E-state index in [1.807, 2.05) is 24.6 Å². The highest BCUT2D eigenvalue weighted by Gasteiger charge is 2.19. The molecule has 1 unspecified atom stereocenters. The Morgan fingerprint density at radius 3 is 2.50 bits per heavy atom. The number of aryl methyl sites for hydroxylation is 1. The summed E-state index contributed by atoms with van der Waals surface area (Å²) in [6.07, 6.45) is 4.50. The summed E-state index contributed by atoms with van der Waals surface area (Å²) in [6.45, 7) is 5.56. The van der Waals surface area contributed by atoms with Crippen LogP contribution in [0.2, 0.25) is 0 Å². The van der Waals surface area contributed by atoms with Crippen LogP contribution in [0.5, 0.6) is 0 Å². The van der Waals surface area contributed by atoms with Crippen LogP contribution in [0.25, 0.3) is 0 Å². The molecule has 0 radical (unpaired) electrons. The third kappa shape index (κ3) is 3.22. The van der Waals surface area contributed by atoms with Crippen LogP contribution in [-0.2, 0) is 6.54 Å². The molecular weight excluding hydrogens is 260 g/mol. The molecule has 108 valence electrons. The van der Waals surface area contributed by atoms with E-state index < -0.39 is 11.6 Å². The number of benzene rings is 1. The summed E-state index contributed by atoms with van der Waals surface area (Å²) in [6, 6.07) is 3.28. The lowest BCUT2D eigenvalue weighted by Gasteiger charge is -2.20. The number of aromatic nitrogens is 2. The fourth-order valence-corrected chi connectivity index (χ4v) is 2.24. The van der Waals surface area contributed by atoms with E-state index in [1.54, 1.807) is 6.20 Å². The minimum atomic E-state index is -0.571. The molecule has 1 atom stereocenters. The second-order valence-electron chi connectivity index (χ2n) is 4.66. The first kappa shape index (κ1) is 14.7. The van der Waals surface area contributed by atoms with Gasteiger partial charge in [-0.3, -0.25) is 0 Å². The fourth-order valence-electron chi connectivity index (χ4n) is 2.24. The molecule has 0 bridgehead atoms. The lowest BCUT2D eigenvalue weighted by Crippen LogP contribution is -2.26. The molecule has 0 saturated heterocycles. The van der Waals surface area contributed by atoms with E-state index >= 15 is 0 Å². The number of nitrogens with zero attached hydrogens (tertiary/aromatic N) is 2. The summed E-state index contributed by atoms with van der Waals surface area (Å²) >= 11 is 0. The van der Waals surface area contributed by atoms with E-state index in [9.17, 15) is 8.78 Å². The SMILES string of the molecule is CCCNC(c1cc(F)cc(F)c1)c1nccn1CC. The van der Waals surface area contributed by atoms with Gasteiger partial charge in [0.05, 0.1) is 6.04 Å². The predicted octanol–water partition coefficient (Wildman–Crippen LogP) is 3.27. The monoisotopic (exact) mass is 279 g/mol. The molecule has 0 aliphatic heterocycles. The zero-order valence-corrected chi connectivity index (χ0v) is 11.7. The maximum atomic E-state index is 13.4. The summed E-state index contributed by atoms with van der Waals surface area (Å²) < 4.78 is 28.8. The van der Waals surface area contributed by atoms with Gasteiger partial charge in [-0.05, 0) is 37.6 Å². The van der Waals surface area contributed by atoms with E-state index in [0.29, 0.717) is 5.56 Å². The molecule has 20 heavy (non-hydrogen) atoms. The molecule has 0 spiro atoms. The van der Waals surface area contributed by atoms with Crippen molar-refractivity contribution in [1.82, 2.24) is 14.9 Å². The number of hydrogen-bond donors (Lipinski definition) is 1. The Morgan fingerprint density at radius 2 is 1.90 bits per heavy atom. The first-order valence-corrected chi connectivity index (χ1v) is 6.86. The van der Waals surface area contributed by atoms with Crippen LogP contribution in [0.4, 0.5) is 8.78 Å². The molecule has 1 aromatic heterocycles. The highest BCUT2D eigenvalue weighted by Crippen LogP contribution is 2.22. The highest BCUT2D eigenvalue weighted by molar-refractivity contribution is 5.27. The van der Waals surface area contributed by atoms with Crippen LogP contribution in [0.1, 0.15) is 37.7 Å². The topological polar surface area (TPSA) is 29.9 Å². The van der Waals surface area contributed by atoms with Gasteiger partial charge >= 0.3 is 0 Å². The lowest BCUT2D eigenvalue weighted by atomic mass is 10.1. The third-order valence-electron chi connectivity index (χ3n) is 3.16. The summed E-state index contributed by atoms with van der Waals surface area (Å²) in [5.41, 5.74) is 0.553. The van der Waals surface area contributed by atoms with Crippen molar-refractivity contribution in [1.29, 1.82) is 0 Å². The van der Waals surface area contributed by atoms with Gasteiger partial charge in [-0.2, -0.15) is 0 Å². The van der Waals surface area contributed by atoms with Gasteiger partial charge in [-0.1, -0.05) is 6.92 Å². The molecule has 5 heteroatoms. The molecule has 0 amide bonds. The summed E-state index contributed by atoms with van der Waals surface area (Å²) in [4.78, 5) is 4.33. The van der Waals surface area contributed by atoms with Gasteiger partial charge in [0.2, 0.25) is 0 Å². The van der Waals surface area contributed by atoms with Gasteiger partial charge in [-0.25, -0.2) is 13.8 Å². The second kappa shape index (κ2) is 6.61. The quantitative estimate of drug-likeness (QED) is 0.879. The van der Waals surface area contributed by atoms with Crippen molar-refractivity contribution >= 4 is 0 Å². The molecule has 0 fully saturated rings. The van der Waals surface area contributed by atoms with Crippen molar-refractivity contribution < 1.29 is 8.78 Å². The zero-order valence-electron chi connectivity index (χ0n) is 11.7. The normalized spacial score (nSPS) is 12.6. The van der Waals surface area contributed by atoms with E-state index in [1.165, 1.54) is 12.1 Å². The van der Waals surface area contributed by atoms with Gasteiger partial charge in [0.1, 0.15) is 17.5 Å². The van der Waals surface area contributed by atoms with Crippen molar-refractivity contribution in [2.24, 2.45) is 0 Å². The van der Waals surface area contributed by atoms with Crippen LogP contribution in [-0.4, -0.2) is 16.1 Å². The van der Waals surface area contributed by atoms with E-state index in [0.717, 1.165) is 31.4 Å². The Morgan fingerprint density at radius 1 is 1.20 bits per heavy atom. The van der Waals surface area contributed by atoms with Gasteiger partial charge in [-0.15, -0.1) is 0 Å². The number of nitrogens with one attached hydrogen (secondary N) is 1. The molecule has 1 N–H and O–H groups in total. The van der Waals surface area contributed by atoms with E-state index in [-0.39, 0.29) is 6.04 Å². The van der Waals surface area contributed by atoms with E-state index in [2.05, 4.69) is 10.3 Å². The van der Waals surface area contributed by atoms with Crippen molar-refractivity contribution in [2.45, 2.75) is 32.9 Å². The van der Waals surface area contributed by atoms with Crippen molar-refractivity contribution in [2.75, 3.05) is 6.54 Å². The molecule has 2 rings (SSSR count). The number of rotatable bonds is 6.